The summed E-state index contributed by atoms with van der Waals surface area (Å²) in [5.41, 5.74) is 8.67. The Morgan fingerprint density at radius 2 is 1.69 bits per heavy atom. The molecule has 3 rings (SSSR count). The molecule has 1 aliphatic heterocycles. The number of aliphatic imine (C=N–C) groups is 3. The van der Waals surface area contributed by atoms with Gasteiger partial charge in [-0.1, -0.05) is 24.3 Å². The lowest BCUT2D eigenvalue weighted by atomic mass is 10.2. The highest BCUT2D eigenvalue weighted by molar-refractivity contribution is 6.02. The molecule has 1 aliphatic rings. The van der Waals surface area contributed by atoms with Crippen molar-refractivity contribution in [1.82, 2.24) is 10.2 Å². The lowest BCUT2D eigenvalue weighted by Crippen LogP contribution is -2.35. The van der Waals surface area contributed by atoms with Gasteiger partial charge in [-0.25, -0.2) is 19.8 Å². The zero-order valence-electron chi connectivity index (χ0n) is 18.1. The van der Waals surface area contributed by atoms with Crippen LogP contribution in [0.4, 0.5) is 4.79 Å². The van der Waals surface area contributed by atoms with Gasteiger partial charge in [0.2, 0.25) is 0 Å². The molecular formula is C23H26N6O3. The summed E-state index contributed by atoms with van der Waals surface area (Å²) in [5, 5.41) is 3.22. The SMILES string of the molecule is C=NC(=O)N(Cc1ccc(OC)cc1)C1=NC=NC(NCc2ccc(OC)cc2)=C(N)C1. The van der Waals surface area contributed by atoms with Crippen LogP contribution in [-0.2, 0) is 13.1 Å². The quantitative estimate of drug-likeness (QED) is 0.650. The molecule has 9 heteroatoms. The molecule has 0 unspecified atom stereocenters. The number of hydrogen-bond donors (Lipinski definition) is 2. The maximum Gasteiger partial charge on any atom is 0.348 e. The zero-order valence-corrected chi connectivity index (χ0v) is 18.1. The molecule has 1 heterocycles. The van der Waals surface area contributed by atoms with Gasteiger partial charge in [0.15, 0.2) is 0 Å². The number of urea groups is 1. The van der Waals surface area contributed by atoms with Crippen LogP contribution < -0.4 is 20.5 Å². The number of methoxy groups -OCH3 is 2. The van der Waals surface area contributed by atoms with Gasteiger partial charge in [-0.05, 0) is 42.1 Å². The van der Waals surface area contributed by atoms with Crippen LogP contribution in [-0.4, -0.2) is 44.0 Å². The van der Waals surface area contributed by atoms with Crippen molar-refractivity contribution in [3.05, 3.63) is 71.2 Å². The number of nitrogens with one attached hydrogen (secondary N) is 1. The molecule has 3 N–H and O–H groups in total. The van der Waals surface area contributed by atoms with Gasteiger partial charge in [0.05, 0.1) is 26.5 Å². The number of amidine groups is 1. The fourth-order valence-electron chi connectivity index (χ4n) is 3.06. The predicted octanol–water partition coefficient (Wildman–Crippen LogP) is 3.07. The molecular weight excluding hydrogens is 408 g/mol. The standard InChI is InChI=1S/C23H26N6O3/c1-25-23(30)29(14-17-6-10-19(32-3)11-7-17)21-12-20(24)22(28-15-27-21)26-13-16-4-8-18(31-2)9-5-16/h4-11,15,26H,1,12-14,24H2,2-3H3. The molecule has 0 aliphatic carbocycles. The Kier molecular flexibility index (Phi) is 7.58. The highest BCUT2D eigenvalue weighted by Gasteiger charge is 2.22. The summed E-state index contributed by atoms with van der Waals surface area (Å²) in [6, 6.07) is 14.6. The first-order valence-electron chi connectivity index (χ1n) is 9.89. The maximum absolute atomic E-state index is 12.5. The van der Waals surface area contributed by atoms with E-state index in [1.165, 1.54) is 11.2 Å². The van der Waals surface area contributed by atoms with E-state index in [0.29, 0.717) is 23.9 Å². The minimum Gasteiger partial charge on any atom is -0.497 e. The van der Waals surface area contributed by atoms with Crippen LogP contribution in [0.15, 0.2) is 75.0 Å². The smallest absolute Gasteiger partial charge is 0.348 e. The highest BCUT2D eigenvalue weighted by Crippen LogP contribution is 2.17. The second kappa shape index (κ2) is 10.8. The summed E-state index contributed by atoms with van der Waals surface area (Å²) in [5.74, 6) is 2.45. The molecule has 0 saturated carbocycles. The Bertz CT molecular complexity index is 1040. The Morgan fingerprint density at radius 3 is 2.25 bits per heavy atom. The lowest BCUT2D eigenvalue weighted by molar-refractivity contribution is 0.229. The number of rotatable bonds is 7. The van der Waals surface area contributed by atoms with E-state index in [9.17, 15) is 4.79 Å². The summed E-state index contributed by atoms with van der Waals surface area (Å²) < 4.78 is 10.4. The molecule has 0 fully saturated rings. The molecule has 0 bridgehead atoms. The molecule has 9 nitrogen and oxygen atoms in total. The molecule has 0 spiro atoms. The summed E-state index contributed by atoms with van der Waals surface area (Å²) in [6.07, 6.45) is 1.60. The third kappa shape index (κ3) is 5.72. The van der Waals surface area contributed by atoms with Crippen LogP contribution in [0.3, 0.4) is 0 Å². The van der Waals surface area contributed by atoms with Crippen molar-refractivity contribution in [2.75, 3.05) is 14.2 Å². The first kappa shape index (κ1) is 22.5. The van der Waals surface area contributed by atoms with Crippen LogP contribution in [0.5, 0.6) is 11.5 Å². The average Bonchev–Trinajstić information content (AvgIpc) is 3.02. The van der Waals surface area contributed by atoms with Crippen molar-refractivity contribution in [3.8, 4) is 11.5 Å². The molecule has 32 heavy (non-hydrogen) atoms. The largest absolute Gasteiger partial charge is 0.497 e. The number of hydrogen-bond acceptors (Lipinski definition) is 7. The lowest BCUT2D eigenvalue weighted by Gasteiger charge is -2.22. The van der Waals surface area contributed by atoms with E-state index in [1.54, 1.807) is 14.2 Å². The molecule has 0 aromatic heterocycles. The van der Waals surface area contributed by atoms with Crippen molar-refractivity contribution in [3.63, 3.8) is 0 Å². The average molecular weight is 435 g/mol. The van der Waals surface area contributed by atoms with Crippen molar-refractivity contribution >= 4 is 24.9 Å². The minimum absolute atomic E-state index is 0.225. The molecule has 2 aromatic carbocycles. The van der Waals surface area contributed by atoms with E-state index in [0.717, 1.165) is 22.6 Å². The third-order valence-electron chi connectivity index (χ3n) is 4.84. The van der Waals surface area contributed by atoms with E-state index >= 15 is 0 Å². The first-order chi connectivity index (χ1) is 15.5. The van der Waals surface area contributed by atoms with Crippen LogP contribution in [0, 0.1) is 0 Å². The van der Waals surface area contributed by atoms with Gasteiger partial charge in [0, 0.05) is 13.0 Å². The van der Waals surface area contributed by atoms with Crippen molar-refractivity contribution in [2.24, 2.45) is 20.7 Å². The highest BCUT2D eigenvalue weighted by atomic mass is 16.5. The second-order valence-electron chi connectivity index (χ2n) is 6.92. The number of carbonyl (C=O) groups is 1. The minimum atomic E-state index is -0.518. The summed E-state index contributed by atoms with van der Waals surface area (Å²) in [4.78, 5) is 26.1. The molecule has 2 amide bonds. The van der Waals surface area contributed by atoms with Gasteiger partial charge >= 0.3 is 6.03 Å². The molecule has 0 radical (unpaired) electrons. The van der Waals surface area contributed by atoms with Gasteiger partial charge in [-0.3, -0.25) is 4.90 Å². The van der Waals surface area contributed by atoms with Crippen molar-refractivity contribution < 1.29 is 14.3 Å². The van der Waals surface area contributed by atoms with Crippen molar-refractivity contribution in [2.45, 2.75) is 19.5 Å². The van der Waals surface area contributed by atoms with Crippen LogP contribution in [0.2, 0.25) is 0 Å². The summed E-state index contributed by atoms with van der Waals surface area (Å²) >= 11 is 0. The van der Waals surface area contributed by atoms with Gasteiger partial charge in [0.1, 0.15) is 29.5 Å². The topological polar surface area (TPSA) is 114 Å². The maximum atomic E-state index is 12.5. The number of nitrogens with two attached hydrogens (primary N) is 1. The first-order valence-corrected chi connectivity index (χ1v) is 9.89. The Morgan fingerprint density at radius 1 is 1.09 bits per heavy atom. The Labute approximate surface area is 187 Å². The molecule has 0 saturated heterocycles. The number of nitrogens with zero attached hydrogens (tertiary/aromatic N) is 4. The fraction of sp³-hybridized carbons (Fsp3) is 0.217. The normalized spacial score (nSPS) is 13.1. The number of benzene rings is 2. The van der Waals surface area contributed by atoms with Gasteiger partial charge in [-0.2, -0.15) is 0 Å². The van der Waals surface area contributed by atoms with Crippen LogP contribution in [0.25, 0.3) is 0 Å². The van der Waals surface area contributed by atoms with Crippen LogP contribution >= 0.6 is 0 Å². The monoisotopic (exact) mass is 434 g/mol. The number of carbonyl (C=O) groups excluding carboxylic acids is 1. The number of ether oxygens (including phenoxy) is 2. The van der Waals surface area contributed by atoms with Crippen LogP contribution in [0.1, 0.15) is 17.5 Å². The van der Waals surface area contributed by atoms with E-state index in [2.05, 4.69) is 27.0 Å². The molecule has 0 atom stereocenters. The van der Waals surface area contributed by atoms with E-state index in [-0.39, 0.29) is 13.0 Å². The van der Waals surface area contributed by atoms with Gasteiger partial charge < -0.3 is 20.5 Å². The summed E-state index contributed by atoms with van der Waals surface area (Å²) in [7, 11) is 3.22. The van der Waals surface area contributed by atoms with E-state index in [1.807, 2.05) is 48.5 Å². The number of amides is 2. The second-order valence-corrected chi connectivity index (χ2v) is 6.92. The predicted molar refractivity (Wildman–Crippen MR) is 125 cm³/mol. The summed E-state index contributed by atoms with van der Waals surface area (Å²) in [6.45, 7) is 4.15. The molecule has 166 valence electrons. The van der Waals surface area contributed by atoms with E-state index < -0.39 is 6.03 Å². The fourth-order valence-corrected chi connectivity index (χ4v) is 3.06. The Hall–Kier alpha value is -4.14. The van der Waals surface area contributed by atoms with Gasteiger partial charge in [0.25, 0.3) is 0 Å². The Balaban J connectivity index is 1.72. The van der Waals surface area contributed by atoms with E-state index in [4.69, 9.17) is 15.2 Å². The molecule has 2 aromatic rings. The zero-order chi connectivity index (χ0) is 22.9. The third-order valence-corrected chi connectivity index (χ3v) is 4.84. The van der Waals surface area contributed by atoms with Crippen molar-refractivity contribution in [1.29, 1.82) is 0 Å². The van der Waals surface area contributed by atoms with Gasteiger partial charge in [-0.15, -0.1) is 0 Å².